The fourth-order valence-electron chi connectivity index (χ4n) is 0.909. The maximum Gasteiger partial charge on any atom is 0.330 e. The van der Waals surface area contributed by atoms with Crippen molar-refractivity contribution in [3.63, 3.8) is 0 Å². The van der Waals surface area contributed by atoms with E-state index in [-0.39, 0.29) is 11.9 Å². The Morgan fingerprint density at radius 2 is 2.06 bits per heavy atom. The molecule has 4 nitrogen and oxygen atoms in total. The number of esters is 1. The molecule has 0 aromatic rings. The van der Waals surface area contributed by atoms with Gasteiger partial charge in [-0.05, 0) is 13.3 Å². The SMILES string of the molecule is CCCCOC(=O)/C=C/C=C(/C)C(=O)NC. The summed E-state index contributed by atoms with van der Waals surface area (Å²) in [4.78, 5) is 22.2. The summed E-state index contributed by atoms with van der Waals surface area (Å²) in [7, 11) is 1.56. The summed E-state index contributed by atoms with van der Waals surface area (Å²) in [5.74, 6) is -0.543. The molecule has 0 aromatic heterocycles. The molecule has 0 aliphatic heterocycles. The molecule has 0 atom stereocenters. The van der Waals surface area contributed by atoms with Crippen molar-refractivity contribution >= 4 is 11.9 Å². The van der Waals surface area contributed by atoms with Crippen LogP contribution in [0, 0.1) is 0 Å². The number of rotatable bonds is 6. The minimum absolute atomic E-state index is 0.163. The molecule has 0 aliphatic rings. The molecule has 1 amide bonds. The molecule has 90 valence electrons. The topological polar surface area (TPSA) is 55.4 Å². The number of likely N-dealkylation sites (N-methyl/N-ethyl adjacent to an activating group) is 1. The fourth-order valence-corrected chi connectivity index (χ4v) is 0.909. The number of unbranched alkanes of at least 4 members (excludes halogenated alkanes) is 1. The lowest BCUT2D eigenvalue weighted by molar-refractivity contribution is -0.137. The Morgan fingerprint density at radius 3 is 2.62 bits per heavy atom. The van der Waals surface area contributed by atoms with Crippen molar-refractivity contribution in [2.45, 2.75) is 26.7 Å². The van der Waals surface area contributed by atoms with Crippen LogP contribution in [0.2, 0.25) is 0 Å². The molecule has 0 rings (SSSR count). The monoisotopic (exact) mass is 225 g/mol. The van der Waals surface area contributed by atoms with Gasteiger partial charge in [0.1, 0.15) is 0 Å². The van der Waals surface area contributed by atoms with Gasteiger partial charge in [-0.2, -0.15) is 0 Å². The van der Waals surface area contributed by atoms with Crippen molar-refractivity contribution in [1.29, 1.82) is 0 Å². The predicted molar refractivity (Wildman–Crippen MR) is 62.8 cm³/mol. The van der Waals surface area contributed by atoms with E-state index in [1.54, 1.807) is 20.0 Å². The second-order valence-corrected chi connectivity index (χ2v) is 3.31. The van der Waals surface area contributed by atoms with Gasteiger partial charge in [0.05, 0.1) is 6.61 Å². The highest BCUT2D eigenvalue weighted by Gasteiger charge is 1.98. The standard InChI is InChI=1S/C12H19NO3/c1-4-5-9-16-11(14)8-6-7-10(2)12(15)13-3/h6-8H,4-5,9H2,1-3H3,(H,13,15)/b8-6+,10-7-. The maximum absolute atomic E-state index is 11.1. The van der Waals surface area contributed by atoms with Gasteiger partial charge in [0.25, 0.3) is 0 Å². The highest BCUT2D eigenvalue weighted by atomic mass is 16.5. The Bertz CT molecular complexity index is 293. The van der Waals surface area contributed by atoms with Gasteiger partial charge in [0.15, 0.2) is 0 Å². The van der Waals surface area contributed by atoms with Gasteiger partial charge in [0, 0.05) is 18.7 Å². The van der Waals surface area contributed by atoms with E-state index in [1.165, 1.54) is 12.2 Å². The third-order valence-electron chi connectivity index (χ3n) is 1.91. The third kappa shape index (κ3) is 6.81. The number of hydrogen-bond acceptors (Lipinski definition) is 3. The number of allylic oxidation sites excluding steroid dienone is 2. The van der Waals surface area contributed by atoms with Crippen molar-refractivity contribution in [2.24, 2.45) is 0 Å². The summed E-state index contributed by atoms with van der Waals surface area (Å²) in [5, 5.41) is 2.49. The summed E-state index contributed by atoms with van der Waals surface area (Å²) < 4.78 is 4.90. The lowest BCUT2D eigenvalue weighted by Gasteiger charge is -1.98. The van der Waals surface area contributed by atoms with Crippen LogP contribution in [0.4, 0.5) is 0 Å². The number of hydrogen-bond donors (Lipinski definition) is 1. The number of amides is 1. The molecule has 0 aliphatic carbocycles. The van der Waals surface area contributed by atoms with E-state index in [9.17, 15) is 9.59 Å². The van der Waals surface area contributed by atoms with Crippen molar-refractivity contribution in [3.05, 3.63) is 23.8 Å². The van der Waals surface area contributed by atoms with Crippen LogP contribution in [-0.4, -0.2) is 25.5 Å². The van der Waals surface area contributed by atoms with Crippen LogP contribution >= 0.6 is 0 Å². The average molecular weight is 225 g/mol. The molecule has 0 radical (unpaired) electrons. The van der Waals surface area contributed by atoms with Crippen LogP contribution in [0.3, 0.4) is 0 Å². The Kier molecular flexibility index (Phi) is 7.85. The predicted octanol–water partition coefficient (Wildman–Crippen LogP) is 1.58. The number of carbonyl (C=O) groups is 2. The molecule has 0 aromatic carbocycles. The summed E-state index contributed by atoms with van der Waals surface area (Å²) in [6, 6.07) is 0. The molecule has 0 unspecified atom stereocenters. The van der Waals surface area contributed by atoms with E-state index in [0.717, 1.165) is 12.8 Å². The molecule has 1 N–H and O–H groups in total. The van der Waals surface area contributed by atoms with Crippen LogP contribution in [0.1, 0.15) is 26.7 Å². The highest BCUT2D eigenvalue weighted by Crippen LogP contribution is 1.94. The third-order valence-corrected chi connectivity index (χ3v) is 1.91. The lowest BCUT2D eigenvalue weighted by Crippen LogP contribution is -2.18. The molecule has 0 spiro atoms. The van der Waals surface area contributed by atoms with Crippen LogP contribution in [-0.2, 0) is 14.3 Å². The molecule has 0 bridgehead atoms. The lowest BCUT2D eigenvalue weighted by atomic mass is 10.2. The van der Waals surface area contributed by atoms with Gasteiger partial charge in [-0.3, -0.25) is 4.79 Å². The van der Waals surface area contributed by atoms with Crippen LogP contribution in [0.25, 0.3) is 0 Å². The van der Waals surface area contributed by atoms with E-state index >= 15 is 0 Å². The first-order chi connectivity index (χ1) is 7.61. The fraction of sp³-hybridized carbons (Fsp3) is 0.500. The zero-order valence-electron chi connectivity index (χ0n) is 10.1. The second-order valence-electron chi connectivity index (χ2n) is 3.31. The normalized spacial score (nSPS) is 11.6. The summed E-state index contributed by atoms with van der Waals surface area (Å²) in [5.41, 5.74) is 0.542. The number of ether oxygens (including phenoxy) is 1. The first-order valence-electron chi connectivity index (χ1n) is 5.35. The Morgan fingerprint density at radius 1 is 1.38 bits per heavy atom. The minimum atomic E-state index is -0.380. The summed E-state index contributed by atoms with van der Waals surface area (Å²) in [6.45, 7) is 4.14. The minimum Gasteiger partial charge on any atom is -0.463 e. The van der Waals surface area contributed by atoms with Gasteiger partial charge in [-0.15, -0.1) is 0 Å². The average Bonchev–Trinajstić information content (AvgIpc) is 2.28. The molecule has 16 heavy (non-hydrogen) atoms. The molecule has 0 saturated heterocycles. The zero-order chi connectivity index (χ0) is 12.4. The Hall–Kier alpha value is -1.58. The summed E-state index contributed by atoms with van der Waals surface area (Å²) >= 11 is 0. The van der Waals surface area contributed by atoms with E-state index in [2.05, 4.69) is 5.32 Å². The van der Waals surface area contributed by atoms with E-state index in [4.69, 9.17) is 4.74 Å². The van der Waals surface area contributed by atoms with Gasteiger partial charge < -0.3 is 10.1 Å². The van der Waals surface area contributed by atoms with Crippen molar-refractivity contribution in [1.82, 2.24) is 5.32 Å². The van der Waals surface area contributed by atoms with Gasteiger partial charge in [-0.1, -0.05) is 25.5 Å². The molecular weight excluding hydrogens is 206 g/mol. The largest absolute Gasteiger partial charge is 0.463 e. The maximum atomic E-state index is 11.1. The van der Waals surface area contributed by atoms with Crippen molar-refractivity contribution in [3.8, 4) is 0 Å². The molecular formula is C12H19NO3. The molecule has 0 saturated carbocycles. The van der Waals surface area contributed by atoms with E-state index in [1.807, 2.05) is 6.92 Å². The quantitative estimate of drug-likeness (QED) is 0.323. The van der Waals surface area contributed by atoms with E-state index < -0.39 is 0 Å². The van der Waals surface area contributed by atoms with Crippen LogP contribution < -0.4 is 5.32 Å². The first kappa shape index (κ1) is 14.4. The van der Waals surface area contributed by atoms with E-state index in [0.29, 0.717) is 12.2 Å². The van der Waals surface area contributed by atoms with Gasteiger partial charge in [-0.25, -0.2) is 4.79 Å². The van der Waals surface area contributed by atoms with Crippen molar-refractivity contribution < 1.29 is 14.3 Å². The Labute approximate surface area is 96.4 Å². The van der Waals surface area contributed by atoms with Crippen molar-refractivity contribution in [2.75, 3.05) is 13.7 Å². The van der Waals surface area contributed by atoms with Gasteiger partial charge in [0.2, 0.25) is 5.91 Å². The molecule has 4 heteroatoms. The number of carbonyl (C=O) groups excluding carboxylic acids is 2. The first-order valence-corrected chi connectivity index (χ1v) is 5.35. The smallest absolute Gasteiger partial charge is 0.330 e. The number of nitrogens with one attached hydrogen (secondary N) is 1. The van der Waals surface area contributed by atoms with Crippen LogP contribution in [0.5, 0.6) is 0 Å². The van der Waals surface area contributed by atoms with Gasteiger partial charge >= 0.3 is 5.97 Å². The zero-order valence-corrected chi connectivity index (χ0v) is 10.1. The molecule has 0 fully saturated rings. The second kappa shape index (κ2) is 8.71. The van der Waals surface area contributed by atoms with Crippen LogP contribution in [0.15, 0.2) is 23.8 Å². The summed E-state index contributed by atoms with van der Waals surface area (Å²) in [6.07, 6.45) is 6.25. The molecule has 0 heterocycles. The Balaban J connectivity index is 3.99. The highest BCUT2D eigenvalue weighted by molar-refractivity contribution is 5.93.